The minimum Gasteiger partial charge on any atom is -0.477 e. The van der Waals surface area contributed by atoms with E-state index in [1.807, 2.05) is 30.3 Å². The minimum atomic E-state index is -1.19. The molecule has 0 aliphatic carbocycles. The Morgan fingerprint density at radius 1 is 1.14 bits per heavy atom. The molecule has 0 bridgehead atoms. The fraction of sp³-hybridized carbons (Fsp3) is 0.192. The van der Waals surface area contributed by atoms with Crippen LogP contribution in [0.25, 0.3) is 21.9 Å². The van der Waals surface area contributed by atoms with Gasteiger partial charge >= 0.3 is 5.97 Å². The zero-order valence-electron chi connectivity index (χ0n) is 19.2. The summed E-state index contributed by atoms with van der Waals surface area (Å²) < 4.78 is 11.2. The summed E-state index contributed by atoms with van der Waals surface area (Å²) in [5.41, 5.74) is 2.00. The average molecular weight is 537 g/mol. The standard InChI is InChI=1S/C26H20N2O7S2/c29-11-13-3-5-16-17-6-4-15(10-19(17)35-18(16)8-13)37-20-12-36-25-22(24(31)28(25)23(20)26(32)33)27-21(30)9-14-2-1-7-34-14/h1-8,10,22,25,29H,9,11-12H2,(H,27,30)(H,32,33)/t22-,25-/m1/s1. The monoisotopic (exact) mass is 536 g/mol. The Morgan fingerprint density at radius 3 is 2.65 bits per heavy atom. The number of carboxylic acids is 1. The number of hydrogen-bond donors (Lipinski definition) is 3. The number of benzene rings is 2. The van der Waals surface area contributed by atoms with Crippen LogP contribution in [-0.4, -0.2) is 50.1 Å². The summed E-state index contributed by atoms with van der Waals surface area (Å²) in [7, 11) is 0. The first-order valence-electron chi connectivity index (χ1n) is 11.4. The lowest BCUT2D eigenvalue weighted by Gasteiger charge is -2.49. The van der Waals surface area contributed by atoms with Gasteiger partial charge in [-0.15, -0.1) is 11.8 Å². The van der Waals surface area contributed by atoms with E-state index in [1.54, 1.807) is 18.2 Å². The first kappa shape index (κ1) is 23.7. The zero-order chi connectivity index (χ0) is 25.7. The highest BCUT2D eigenvalue weighted by Gasteiger charge is 2.54. The van der Waals surface area contributed by atoms with Crippen molar-refractivity contribution in [2.75, 3.05) is 5.75 Å². The van der Waals surface area contributed by atoms with E-state index in [0.717, 1.165) is 21.2 Å². The molecule has 0 unspecified atom stereocenters. The summed E-state index contributed by atoms with van der Waals surface area (Å²) in [6.07, 6.45) is 1.47. The molecule has 37 heavy (non-hydrogen) atoms. The summed E-state index contributed by atoms with van der Waals surface area (Å²) in [6.45, 7) is -0.0807. The number of β-lactam (4-membered cyclic amide) rings is 1. The number of aliphatic hydroxyl groups excluding tert-OH is 1. The third kappa shape index (κ3) is 4.18. The Kier molecular flexibility index (Phi) is 5.98. The largest absolute Gasteiger partial charge is 0.477 e. The number of carbonyl (C=O) groups is 3. The van der Waals surface area contributed by atoms with Crippen LogP contribution in [0.5, 0.6) is 0 Å². The van der Waals surface area contributed by atoms with Crippen molar-refractivity contribution in [1.82, 2.24) is 10.2 Å². The van der Waals surface area contributed by atoms with Crippen LogP contribution in [-0.2, 0) is 27.4 Å². The van der Waals surface area contributed by atoms with E-state index in [9.17, 15) is 24.6 Å². The average Bonchev–Trinajstić information content (AvgIpc) is 3.53. The van der Waals surface area contributed by atoms with Crippen LogP contribution in [0, 0.1) is 0 Å². The summed E-state index contributed by atoms with van der Waals surface area (Å²) in [5.74, 6) is -1.14. The second-order valence-electron chi connectivity index (χ2n) is 8.64. The van der Waals surface area contributed by atoms with Gasteiger partial charge in [0, 0.05) is 26.3 Å². The molecule has 0 saturated carbocycles. The maximum atomic E-state index is 12.9. The van der Waals surface area contributed by atoms with E-state index in [2.05, 4.69) is 5.32 Å². The van der Waals surface area contributed by atoms with Crippen molar-refractivity contribution >= 4 is 63.2 Å². The molecule has 2 aromatic heterocycles. The van der Waals surface area contributed by atoms with Gasteiger partial charge in [0.2, 0.25) is 5.91 Å². The van der Waals surface area contributed by atoms with Crippen LogP contribution in [0.15, 0.2) is 79.1 Å². The van der Waals surface area contributed by atoms with E-state index >= 15 is 0 Å². The van der Waals surface area contributed by atoms with Gasteiger partial charge < -0.3 is 24.4 Å². The number of thioether (sulfide) groups is 2. The van der Waals surface area contributed by atoms with Crippen LogP contribution >= 0.6 is 23.5 Å². The Labute approximate surface area is 218 Å². The summed E-state index contributed by atoms with van der Waals surface area (Å²) in [4.78, 5) is 40.0. The third-order valence-corrected chi connectivity index (χ3v) is 8.84. The number of furan rings is 2. The topological polar surface area (TPSA) is 133 Å². The molecule has 11 heteroatoms. The van der Waals surface area contributed by atoms with Crippen molar-refractivity contribution in [2.45, 2.75) is 29.3 Å². The number of hydrogen-bond acceptors (Lipinski definition) is 8. The molecule has 2 aliphatic heterocycles. The van der Waals surface area contributed by atoms with E-state index < -0.39 is 23.3 Å². The number of amides is 2. The second-order valence-corrected chi connectivity index (χ2v) is 10.9. The molecule has 2 amide bonds. The van der Waals surface area contributed by atoms with Crippen LogP contribution < -0.4 is 5.32 Å². The number of rotatable bonds is 7. The number of fused-ring (bicyclic) bond motifs is 4. The molecule has 2 aromatic carbocycles. The molecule has 1 saturated heterocycles. The highest BCUT2D eigenvalue weighted by molar-refractivity contribution is 8.06. The molecule has 4 aromatic rings. The fourth-order valence-electron chi connectivity index (χ4n) is 4.57. The highest BCUT2D eigenvalue weighted by atomic mass is 32.2. The molecule has 9 nitrogen and oxygen atoms in total. The molecule has 4 heterocycles. The van der Waals surface area contributed by atoms with Gasteiger partial charge in [0.1, 0.15) is 34.0 Å². The van der Waals surface area contributed by atoms with Crippen molar-refractivity contribution < 1.29 is 33.4 Å². The lowest BCUT2D eigenvalue weighted by molar-refractivity contribution is -0.150. The van der Waals surface area contributed by atoms with Crippen LogP contribution in [0.3, 0.4) is 0 Å². The number of carboxylic acid groups (broad SMARTS) is 1. The van der Waals surface area contributed by atoms with Gasteiger partial charge in [-0.2, -0.15) is 0 Å². The third-order valence-electron chi connectivity index (χ3n) is 6.30. The summed E-state index contributed by atoms with van der Waals surface area (Å²) in [6, 6.07) is 13.8. The highest BCUT2D eigenvalue weighted by Crippen LogP contribution is 2.45. The van der Waals surface area contributed by atoms with Crippen molar-refractivity contribution in [3.63, 3.8) is 0 Å². The molecule has 188 valence electrons. The number of aliphatic carboxylic acids is 1. The molecule has 3 N–H and O–H groups in total. The van der Waals surface area contributed by atoms with Gasteiger partial charge in [0.25, 0.3) is 5.91 Å². The molecule has 0 radical (unpaired) electrons. The van der Waals surface area contributed by atoms with E-state index in [-0.39, 0.29) is 24.6 Å². The maximum Gasteiger partial charge on any atom is 0.353 e. The maximum absolute atomic E-state index is 12.9. The SMILES string of the molecule is O=C(Cc1ccco1)N[C@@H]1C(=O)N2C(C(=O)O)=C(Sc3ccc4c(c3)oc3cc(CO)ccc34)CS[C@H]12. The van der Waals surface area contributed by atoms with Crippen LogP contribution in [0.4, 0.5) is 0 Å². The fourth-order valence-corrected chi connectivity index (χ4v) is 7.07. The predicted octanol–water partition coefficient (Wildman–Crippen LogP) is 3.70. The number of nitrogens with one attached hydrogen (secondary N) is 1. The molecule has 1 fully saturated rings. The number of nitrogens with zero attached hydrogens (tertiary/aromatic N) is 1. The molecular weight excluding hydrogens is 516 g/mol. The Bertz CT molecular complexity index is 1590. The van der Waals surface area contributed by atoms with Gasteiger partial charge in [-0.1, -0.05) is 23.9 Å². The van der Waals surface area contributed by atoms with Gasteiger partial charge in [0.15, 0.2) is 0 Å². The molecular formula is C26H20N2O7S2. The molecule has 6 rings (SSSR count). The second kappa shape index (κ2) is 9.33. The first-order valence-corrected chi connectivity index (χ1v) is 13.3. The normalized spacial score (nSPS) is 19.3. The van der Waals surface area contributed by atoms with Crippen molar-refractivity contribution in [2.24, 2.45) is 0 Å². The Balaban J connectivity index is 1.23. The Morgan fingerprint density at radius 2 is 1.92 bits per heavy atom. The van der Waals surface area contributed by atoms with Gasteiger partial charge in [-0.3, -0.25) is 14.5 Å². The van der Waals surface area contributed by atoms with Crippen molar-refractivity contribution in [3.8, 4) is 0 Å². The van der Waals surface area contributed by atoms with E-state index in [4.69, 9.17) is 8.83 Å². The minimum absolute atomic E-state index is 0.00246. The van der Waals surface area contributed by atoms with E-state index in [1.165, 1.54) is 34.7 Å². The van der Waals surface area contributed by atoms with Crippen LogP contribution in [0.2, 0.25) is 0 Å². The van der Waals surface area contributed by atoms with Crippen molar-refractivity contribution in [3.05, 3.63) is 76.7 Å². The molecule has 0 spiro atoms. The molecule has 2 atom stereocenters. The van der Waals surface area contributed by atoms with E-state index in [0.29, 0.717) is 27.6 Å². The lowest BCUT2D eigenvalue weighted by Crippen LogP contribution is -2.70. The summed E-state index contributed by atoms with van der Waals surface area (Å²) >= 11 is 2.69. The quantitative estimate of drug-likeness (QED) is 0.302. The Hall–Kier alpha value is -3.67. The first-order chi connectivity index (χ1) is 17.9. The number of carbonyl (C=O) groups excluding carboxylic acids is 2. The predicted molar refractivity (Wildman–Crippen MR) is 138 cm³/mol. The summed E-state index contributed by atoms with van der Waals surface area (Å²) in [5, 5.41) is 23.4. The zero-order valence-corrected chi connectivity index (χ0v) is 20.8. The van der Waals surface area contributed by atoms with Crippen LogP contribution in [0.1, 0.15) is 11.3 Å². The van der Waals surface area contributed by atoms with Gasteiger partial charge in [0.05, 0.1) is 19.3 Å². The smallest absolute Gasteiger partial charge is 0.353 e. The van der Waals surface area contributed by atoms with Gasteiger partial charge in [-0.25, -0.2) is 4.79 Å². The lowest BCUT2D eigenvalue weighted by atomic mass is 10.0. The number of aliphatic hydroxyl groups is 1. The van der Waals surface area contributed by atoms with Gasteiger partial charge in [-0.05, 0) is 42.0 Å². The van der Waals surface area contributed by atoms with Crippen molar-refractivity contribution in [1.29, 1.82) is 0 Å². The molecule has 2 aliphatic rings.